The lowest BCUT2D eigenvalue weighted by atomic mass is 10.1. The van der Waals surface area contributed by atoms with E-state index in [1.54, 1.807) is 18.2 Å². The van der Waals surface area contributed by atoms with E-state index in [2.05, 4.69) is 17.6 Å². The van der Waals surface area contributed by atoms with E-state index in [9.17, 15) is 9.59 Å². The fourth-order valence-electron chi connectivity index (χ4n) is 2.05. The molecule has 0 heterocycles. The number of carbonyl (C=O) groups excluding carboxylic acids is 2. The summed E-state index contributed by atoms with van der Waals surface area (Å²) in [4.78, 5) is 23.4. The lowest BCUT2D eigenvalue weighted by Crippen LogP contribution is -2.35. The van der Waals surface area contributed by atoms with E-state index >= 15 is 0 Å². The second-order valence-corrected chi connectivity index (χ2v) is 5.85. The fourth-order valence-corrected chi connectivity index (χ4v) is 2.23. The molecule has 22 heavy (non-hydrogen) atoms. The summed E-state index contributed by atoms with van der Waals surface area (Å²) in [6, 6.07) is 5.15. The van der Waals surface area contributed by atoms with Gasteiger partial charge in [0.2, 0.25) is 0 Å². The normalized spacial score (nSPS) is 10.3. The zero-order valence-corrected chi connectivity index (χ0v) is 14.1. The lowest BCUT2D eigenvalue weighted by molar-refractivity contribution is -0.136. The Labute approximate surface area is 137 Å². The maximum atomic E-state index is 11.7. The summed E-state index contributed by atoms with van der Waals surface area (Å²) in [6.07, 6.45) is 6.87. The van der Waals surface area contributed by atoms with Gasteiger partial charge in [0.1, 0.15) is 0 Å². The number of hydrogen-bond donors (Lipinski definition) is 2. The zero-order chi connectivity index (χ0) is 16.4. The standard InChI is InChI=1S/C17H25ClN2O2/c1-3-4-5-6-7-8-11-19-16(21)17(22)20-14-10-9-13(2)15(18)12-14/h9-10,12H,3-8,11H2,1-2H3,(H,19,21)(H,20,22). The molecule has 1 aromatic rings. The number of nitrogens with one attached hydrogen (secondary N) is 2. The van der Waals surface area contributed by atoms with E-state index in [1.165, 1.54) is 25.7 Å². The SMILES string of the molecule is CCCCCCCCNC(=O)C(=O)Nc1ccc(C)c(Cl)c1. The summed E-state index contributed by atoms with van der Waals surface area (Å²) in [5, 5.41) is 5.74. The third kappa shape index (κ3) is 6.94. The third-order valence-electron chi connectivity index (χ3n) is 3.45. The van der Waals surface area contributed by atoms with Crippen molar-refractivity contribution in [1.82, 2.24) is 5.32 Å². The summed E-state index contributed by atoms with van der Waals surface area (Å²) < 4.78 is 0. The van der Waals surface area contributed by atoms with Gasteiger partial charge >= 0.3 is 11.8 Å². The Morgan fingerprint density at radius 2 is 1.73 bits per heavy atom. The Morgan fingerprint density at radius 1 is 1.05 bits per heavy atom. The second-order valence-electron chi connectivity index (χ2n) is 5.44. The number of halogens is 1. The monoisotopic (exact) mass is 324 g/mol. The molecule has 122 valence electrons. The van der Waals surface area contributed by atoms with Crippen molar-refractivity contribution >= 4 is 29.1 Å². The number of carbonyl (C=O) groups is 2. The first-order valence-electron chi connectivity index (χ1n) is 7.90. The molecular formula is C17H25ClN2O2. The molecule has 0 fully saturated rings. The number of benzene rings is 1. The van der Waals surface area contributed by atoms with Crippen LogP contribution in [0.5, 0.6) is 0 Å². The summed E-state index contributed by atoms with van der Waals surface area (Å²) >= 11 is 5.98. The molecule has 0 aliphatic heterocycles. The summed E-state index contributed by atoms with van der Waals surface area (Å²) in [6.45, 7) is 4.59. The van der Waals surface area contributed by atoms with Gasteiger partial charge in [-0.15, -0.1) is 0 Å². The van der Waals surface area contributed by atoms with E-state index in [0.717, 1.165) is 18.4 Å². The number of aryl methyl sites for hydroxylation is 1. The van der Waals surface area contributed by atoms with Crippen molar-refractivity contribution in [2.75, 3.05) is 11.9 Å². The first kappa shape index (κ1) is 18.5. The van der Waals surface area contributed by atoms with Gasteiger partial charge in [-0.3, -0.25) is 9.59 Å². The van der Waals surface area contributed by atoms with Gasteiger partial charge < -0.3 is 10.6 Å². The van der Waals surface area contributed by atoms with Crippen LogP contribution in [-0.4, -0.2) is 18.4 Å². The highest BCUT2D eigenvalue weighted by Crippen LogP contribution is 2.19. The molecule has 0 aliphatic carbocycles. The largest absolute Gasteiger partial charge is 0.348 e. The molecule has 1 aromatic carbocycles. The Bertz CT molecular complexity index is 503. The predicted octanol–water partition coefficient (Wildman–Crippen LogP) is 4.06. The quantitative estimate of drug-likeness (QED) is 0.559. The van der Waals surface area contributed by atoms with E-state index in [-0.39, 0.29) is 0 Å². The molecule has 0 aromatic heterocycles. The summed E-state index contributed by atoms with van der Waals surface area (Å²) in [7, 11) is 0. The summed E-state index contributed by atoms with van der Waals surface area (Å²) in [5.41, 5.74) is 1.45. The Morgan fingerprint density at radius 3 is 2.41 bits per heavy atom. The molecular weight excluding hydrogens is 300 g/mol. The van der Waals surface area contributed by atoms with Crippen LogP contribution in [0.3, 0.4) is 0 Å². The fraction of sp³-hybridized carbons (Fsp3) is 0.529. The average molecular weight is 325 g/mol. The molecule has 2 amide bonds. The van der Waals surface area contributed by atoms with Crippen LogP contribution < -0.4 is 10.6 Å². The third-order valence-corrected chi connectivity index (χ3v) is 3.86. The first-order chi connectivity index (χ1) is 10.5. The smallest absolute Gasteiger partial charge is 0.313 e. The van der Waals surface area contributed by atoms with Crippen LogP contribution >= 0.6 is 11.6 Å². The van der Waals surface area contributed by atoms with E-state index in [4.69, 9.17) is 11.6 Å². The van der Waals surface area contributed by atoms with Gasteiger partial charge in [0.15, 0.2) is 0 Å². The molecule has 0 saturated heterocycles. The number of anilines is 1. The van der Waals surface area contributed by atoms with Gasteiger partial charge in [0.05, 0.1) is 0 Å². The second kappa shape index (κ2) is 10.2. The Hall–Kier alpha value is -1.55. The van der Waals surface area contributed by atoms with Crippen molar-refractivity contribution in [1.29, 1.82) is 0 Å². The maximum absolute atomic E-state index is 11.7. The molecule has 1 rings (SSSR count). The number of hydrogen-bond acceptors (Lipinski definition) is 2. The van der Waals surface area contributed by atoms with Crippen LogP contribution in [0.1, 0.15) is 51.0 Å². The van der Waals surface area contributed by atoms with Gasteiger partial charge in [0, 0.05) is 17.3 Å². The topological polar surface area (TPSA) is 58.2 Å². The van der Waals surface area contributed by atoms with Crippen LogP contribution in [0.15, 0.2) is 18.2 Å². The minimum Gasteiger partial charge on any atom is -0.348 e. The highest BCUT2D eigenvalue weighted by molar-refractivity contribution is 6.39. The maximum Gasteiger partial charge on any atom is 0.313 e. The van der Waals surface area contributed by atoms with E-state index in [1.807, 2.05) is 6.92 Å². The molecule has 5 heteroatoms. The highest BCUT2D eigenvalue weighted by atomic mass is 35.5. The number of amides is 2. The van der Waals surface area contributed by atoms with Gasteiger partial charge in [-0.25, -0.2) is 0 Å². The van der Waals surface area contributed by atoms with Crippen molar-refractivity contribution in [2.24, 2.45) is 0 Å². The van der Waals surface area contributed by atoms with Crippen molar-refractivity contribution in [3.8, 4) is 0 Å². The van der Waals surface area contributed by atoms with Gasteiger partial charge in [-0.05, 0) is 31.0 Å². The highest BCUT2D eigenvalue weighted by Gasteiger charge is 2.13. The molecule has 2 N–H and O–H groups in total. The Kier molecular flexibility index (Phi) is 8.60. The minimum atomic E-state index is -0.661. The van der Waals surface area contributed by atoms with Crippen molar-refractivity contribution in [3.63, 3.8) is 0 Å². The molecule has 0 aliphatic rings. The van der Waals surface area contributed by atoms with Crippen LogP contribution in [0.4, 0.5) is 5.69 Å². The molecule has 4 nitrogen and oxygen atoms in total. The molecule has 0 atom stereocenters. The van der Waals surface area contributed by atoms with Gasteiger partial charge in [0.25, 0.3) is 0 Å². The molecule has 0 bridgehead atoms. The van der Waals surface area contributed by atoms with Gasteiger partial charge in [-0.2, -0.15) is 0 Å². The molecule has 0 saturated carbocycles. The van der Waals surface area contributed by atoms with Crippen molar-refractivity contribution in [2.45, 2.75) is 52.4 Å². The minimum absolute atomic E-state index is 0.523. The molecule has 0 radical (unpaired) electrons. The van der Waals surface area contributed by atoms with Gasteiger partial charge in [-0.1, -0.05) is 56.7 Å². The number of rotatable bonds is 8. The van der Waals surface area contributed by atoms with Crippen LogP contribution in [-0.2, 0) is 9.59 Å². The first-order valence-corrected chi connectivity index (χ1v) is 8.27. The van der Waals surface area contributed by atoms with Crippen LogP contribution in [0, 0.1) is 6.92 Å². The van der Waals surface area contributed by atoms with E-state index in [0.29, 0.717) is 17.3 Å². The predicted molar refractivity (Wildman–Crippen MR) is 91.2 cm³/mol. The van der Waals surface area contributed by atoms with Crippen molar-refractivity contribution < 1.29 is 9.59 Å². The zero-order valence-electron chi connectivity index (χ0n) is 13.4. The summed E-state index contributed by atoms with van der Waals surface area (Å²) in [5.74, 6) is -1.27. The Balaban J connectivity index is 2.24. The lowest BCUT2D eigenvalue weighted by Gasteiger charge is -2.07. The molecule has 0 unspecified atom stereocenters. The van der Waals surface area contributed by atoms with E-state index < -0.39 is 11.8 Å². The van der Waals surface area contributed by atoms with Crippen molar-refractivity contribution in [3.05, 3.63) is 28.8 Å². The molecule has 0 spiro atoms. The van der Waals surface area contributed by atoms with Crippen LogP contribution in [0.25, 0.3) is 0 Å². The van der Waals surface area contributed by atoms with Crippen LogP contribution in [0.2, 0.25) is 5.02 Å². The number of unbranched alkanes of at least 4 members (excludes halogenated alkanes) is 5. The average Bonchev–Trinajstić information content (AvgIpc) is 2.49.